The Morgan fingerprint density at radius 3 is 2.52 bits per heavy atom. The first-order valence-electron chi connectivity index (χ1n) is 7.68. The number of methoxy groups -OCH3 is 1. The number of aryl methyl sites for hydroxylation is 1. The highest BCUT2D eigenvalue weighted by Gasteiger charge is 2.19. The summed E-state index contributed by atoms with van der Waals surface area (Å²) in [5.74, 6) is -0.00945. The van der Waals surface area contributed by atoms with Gasteiger partial charge >= 0.3 is 12.3 Å². The van der Waals surface area contributed by atoms with E-state index in [0.29, 0.717) is 5.56 Å². The van der Waals surface area contributed by atoms with Crippen molar-refractivity contribution in [2.45, 2.75) is 13.2 Å². The number of hydrogen-bond acceptors (Lipinski definition) is 5. The molecular weight excluding hydrogens is 386 g/mol. The molecule has 0 spiro atoms. The van der Waals surface area contributed by atoms with Crippen LogP contribution in [0.4, 0.5) is 8.78 Å². The van der Waals surface area contributed by atoms with Crippen LogP contribution in [0.5, 0.6) is 11.5 Å². The highest BCUT2D eigenvalue weighted by atomic mass is 35.5. The molecule has 3 aromatic rings. The van der Waals surface area contributed by atoms with Crippen molar-refractivity contribution >= 4 is 22.8 Å². The lowest BCUT2D eigenvalue weighted by atomic mass is 10.2. The topological polar surface area (TPSA) is 80.3 Å². The van der Waals surface area contributed by atoms with Gasteiger partial charge in [0.05, 0.1) is 13.7 Å². The lowest BCUT2D eigenvalue weighted by Gasteiger charge is -2.12. The van der Waals surface area contributed by atoms with E-state index in [1.54, 1.807) is 0 Å². The first kappa shape index (κ1) is 18.9. The summed E-state index contributed by atoms with van der Waals surface area (Å²) in [7, 11) is 4.16. The molecule has 2 aromatic heterocycles. The Hall–Kier alpha value is -2.88. The highest BCUT2D eigenvalue weighted by molar-refractivity contribution is 6.29. The van der Waals surface area contributed by atoms with Crippen molar-refractivity contribution in [2.24, 2.45) is 14.1 Å². The number of nitrogens with zero attached hydrogens (tertiary/aromatic N) is 4. The van der Waals surface area contributed by atoms with Gasteiger partial charge in [-0.2, -0.15) is 13.8 Å². The van der Waals surface area contributed by atoms with Crippen LogP contribution in [-0.4, -0.2) is 32.4 Å². The zero-order valence-electron chi connectivity index (χ0n) is 14.6. The molecule has 8 nitrogen and oxygen atoms in total. The van der Waals surface area contributed by atoms with Gasteiger partial charge < -0.3 is 14.0 Å². The summed E-state index contributed by atoms with van der Waals surface area (Å²) < 4.78 is 38.0. The summed E-state index contributed by atoms with van der Waals surface area (Å²) in [6.45, 7) is -2.88. The van der Waals surface area contributed by atoms with E-state index in [4.69, 9.17) is 16.3 Å². The molecule has 2 heterocycles. The van der Waals surface area contributed by atoms with Crippen molar-refractivity contribution in [3.05, 3.63) is 49.9 Å². The van der Waals surface area contributed by atoms with Crippen LogP contribution >= 0.6 is 11.6 Å². The van der Waals surface area contributed by atoms with Gasteiger partial charge in [-0.3, -0.25) is 13.9 Å². The van der Waals surface area contributed by atoms with E-state index in [2.05, 4.69) is 9.72 Å². The maximum Gasteiger partial charge on any atom is 0.387 e. The van der Waals surface area contributed by atoms with Crippen LogP contribution in [0.15, 0.2) is 27.8 Å². The quantitative estimate of drug-likeness (QED) is 0.609. The van der Waals surface area contributed by atoms with Gasteiger partial charge in [0, 0.05) is 14.1 Å². The minimum atomic E-state index is -2.99. The third kappa shape index (κ3) is 3.27. The third-order valence-electron chi connectivity index (χ3n) is 4.09. The van der Waals surface area contributed by atoms with Crippen molar-refractivity contribution < 1.29 is 18.3 Å². The number of rotatable bonds is 5. The molecule has 0 bridgehead atoms. The summed E-state index contributed by atoms with van der Waals surface area (Å²) in [6, 6.07) is 4.36. The van der Waals surface area contributed by atoms with E-state index < -0.39 is 17.9 Å². The fourth-order valence-corrected chi connectivity index (χ4v) is 2.97. The van der Waals surface area contributed by atoms with Gasteiger partial charge in [-0.15, -0.1) is 0 Å². The fraction of sp³-hybridized carbons (Fsp3) is 0.312. The smallest absolute Gasteiger partial charge is 0.387 e. The number of alkyl halides is 2. The molecule has 144 valence electrons. The van der Waals surface area contributed by atoms with Crippen LogP contribution in [0.2, 0.25) is 5.28 Å². The number of hydrogen-bond donors (Lipinski definition) is 0. The van der Waals surface area contributed by atoms with Gasteiger partial charge in [0.25, 0.3) is 5.56 Å². The number of halogens is 3. The Kier molecular flexibility index (Phi) is 4.92. The van der Waals surface area contributed by atoms with Gasteiger partial charge in [0.2, 0.25) is 5.28 Å². The highest BCUT2D eigenvalue weighted by Crippen LogP contribution is 2.30. The average Bonchev–Trinajstić information content (AvgIpc) is 2.95. The summed E-state index contributed by atoms with van der Waals surface area (Å²) in [4.78, 5) is 28.7. The van der Waals surface area contributed by atoms with Crippen LogP contribution in [0, 0.1) is 0 Å². The first-order valence-corrected chi connectivity index (χ1v) is 8.05. The second-order valence-electron chi connectivity index (χ2n) is 5.71. The normalized spacial score (nSPS) is 11.4. The van der Waals surface area contributed by atoms with Crippen LogP contribution in [0.25, 0.3) is 11.2 Å². The zero-order valence-corrected chi connectivity index (χ0v) is 15.3. The third-order valence-corrected chi connectivity index (χ3v) is 4.37. The lowest BCUT2D eigenvalue weighted by Crippen LogP contribution is -2.37. The predicted octanol–water partition coefficient (Wildman–Crippen LogP) is 1.75. The summed E-state index contributed by atoms with van der Waals surface area (Å²) >= 11 is 6.17. The number of aromatic nitrogens is 4. The number of benzene rings is 1. The Balaban J connectivity index is 2.11. The molecule has 0 saturated heterocycles. The van der Waals surface area contributed by atoms with Crippen LogP contribution in [0.3, 0.4) is 0 Å². The van der Waals surface area contributed by atoms with Crippen molar-refractivity contribution in [1.82, 2.24) is 18.7 Å². The molecular formula is C16H15ClF2N4O4. The Labute approximate surface area is 156 Å². The van der Waals surface area contributed by atoms with Gasteiger partial charge in [-0.05, 0) is 29.3 Å². The largest absolute Gasteiger partial charge is 0.493 e. The molecule has 0 aliphatic rings. The van der Waals surface area contributed by atoms with Gasteiger partial charge in [-0.1, -0.05) is 6.07 Å². The average molecular weight is 401 g/mol. The molecule has 0 unspecified atom stereocenters. The minimum Gasteiger partial charge on any atom is -0.493 e. The SMILES string of the molecule is COc1cc(Cn2c(Cl)nc3c2c(=O)n(C)c(=O)n3C)ccc1OC(F)F. The minimum absolute atomic E-state index is 0.00942. The number of fused-ring (bicyclic) bond motifs is 1. The lowest BCUT2D eigenvalue weighted by molar-refractivity contribution is -0.0512. The maximum absolute atomic E-state index is 12.5. The summed E-state index contributed by atoms with van der Waals surface area (Å²) in [6.07, 6.45) is 0. The van der Waals surface area contributed by atoms with Crippen LogP contribution < -0.4 is 20.7 Å². The second-order valence-corrected chi connectivity index (χ2v) is 6.05. The van der Waals surface area contributed by atoms with E-state index in [1.165, 1.54) is 48.5 Å². The van der Waals surface area contributed by atoms with E-state index in [0.717, 1.165) is 4.57 Å². The molecule has 3 rings (SSSR count). The molecule has 0 radical (unpaired) electrons. The monoisotopic (exact) mass is 400 g/mol. The van der Waals surface area contributed by atoms with Gasteiger partial charge in [0.1, 0.15) is 0 Å². The fourth-order valence-electron chi connectivity index (χ4n) is 2.75. The summed E-state index contributed by atoms with van der Waals surface area (Å²) in [5, 5.41) is 0.00942. The Bertz CT molecular complexity index is 1140. The van der Waals surface area contributed by atoms with Crippen LogP contribution in [-0.2, 0) is 20.6 Å². The van der Waals surface area contributed by atoms with E-state index >= 15 is 0 Å². The second kappa shape index (κ2) is 7.03. The number of ether oxygens (including phenoxy) is 2. The maximum atomic E-state index is 12.5. The molecule has 0 atom stereocenters. The Morgan fingerprint density at radius 2 is 1.89 bits per heavy atom. The number of imidazole rings is 1. The molecule has 0 saturated carbocycles. The molecule has 0 N–H and O–H groups in total. The van der Waals surface area contributed by atoms with Crippen molar-refractivity contribution in [3.8, 4) is 11.5 Å². The molecule has 27 heavy (non-hydrogen) atoms. The van der Waals surface area contributed by atoms with Gasteiger partial charge in [0.15, 0.2) is 22.7 Å². The van der Waals surface area contributed by atoms with Crippen molar-refractivity contribution in [3.63, 3.8) is 0 Å². The Morgan fingerprint density at radius 1 is 1.19 bits per heavy atom. The molecule has 0 amide bonds. The molecule has 0 fully saturated rings. The molecule has 0 aliphatic carbocycles. The molecule has 0 aliphatic heterocycles. The van der Waals surface area contributed by atoms with Crippen molar-refractivity contribution in [1.29, 1.82) is 0 Å². The molecule has 1 aromatic carbocycles. The first-order chi connectivity index (χ1) is 12.7. The van der Waals surface area contributed by atoms with Crippen molar-refractivity contribution in [2.75, 3.05) is 7.11 Å². The van der Waals surface area contributed by atoms with E-state index in [-0.39, 0.29) is 34.5 Å². The van der Waals surface area contributed by atoms with Gasteiger partial charge in [-0.25, -0.2) is 4.79 Å². The molecule has 11 heteroatoms. The zero-order chi connectivity index (χ0) is 19.9. The van der Waals surface area contributed by atoms with E-state index in [1.807, 2.05) is 0 Å². The summed E-state index contributed by atoms with van der Waals surface area (Å²) in [5.41, 5.74) is -0.166. The van der Waals surface area contributed by atoms with Crippen LogP contribution in [0.1, 0.15) is 5.56 Å². The standard InChI is InChI=1S/C16H15ClF2N4O4/c1-21-12-11(13(24)22(2)16(21)25)23(14(17)20-12)7-8-4-5-9(27-15(18)19)10(6-8)26-3/h4-6,15H,7H2,1-3H3. The predicted molar refractivity (Wildman–Crippen MR) is 94.0 cm³/mol. The van der Waals surface area contributed by atoms with E-state index in [9.17, 15) is 18.4 Å².